The second-order valence-corrected chi connectivity index (χ2v) is 4.64. The van der Waals surface area contributed by atoms with E-state index in [2.05, 4.69) is 25.7 Å². The first kappa shape index (κ1) is 12.7. The van der Waals surface area contributed by atoms with Gasteiger partial charge in [-0.15, -0.1) is 6.58 Å². The summed E-state index contributed by atoms with van der Waals surface area (Å²) in [7, 11) is 0. The second kappa shape index (κ2) is 7.02. The molecule has 2 nitrogen and oxygen atoms in total. The third-order valence-corrected chi connectivity index (χ3v) is 2.91. The summed E-state index contributed by atoms with van der Waals surface area (Å²) in [6, 6.07) is 0.551. The molecule has 0 spiro atoms. The third kappa shape index (κ3) is 5.33. The standard InChI is InChI=1S/C13H25NO/c1-4-14-12(9-11(2)3)10-13-7-5-6-8-15-13/h12-14H,2,4-10H2,1,3H3. The SMILES string of the molecule is C=C(C)CC(CC1CCCCO1)NCC. The molecular formula is C13H25NO. The summed E-state index contributed by atoms with van der Waals surface area (Å²) in [5.41, 5.74) is 1.26. The van der Waals surface area contributed by atoms with Crippen LogP contribution in [0.2, 0.25) is 0 Å². The van der Waals surface area contributed by atoms with E-state index < -0.39 is 0 Å². The highest BCUT2D eigenvalue weighted by molar-refractivity contribution is 4.93. The Balaban J connectivity index is 2.31. The fourth-order valence-corrected chi connectivity index (χ4v) is 2.26. The molecule has 0 radical (unpaired) electrons. The molecule has 2 unspecified atom stereocenters. The lowest BCUT2D eigenvalue weighted by Gasteiger charge is -2.27. The highest BCUT2D eigenvalue weighted by Crippen LogP contribution is 2.19. The lowest BCUT2D eigenvalue weighted by Crippen LogP contribution is -2.34. The molecule has 0 bridgehead atoms. The van der Waals surface area contributed by atoms with Gasteiger partial charge in [0, 0.05) is 12.6 Å². The molecule has 2 heteroatoms. The van der Waals surface area contributed by atoms with E-state index in [1.165, 1.54) is 24.8 Å². The lowest BCUT2D eigenvalue weighted by molar-refractivity contribution is 0.00536. The van der Waals surface area contributed by atoms with Crippen molar-refractivity contribution in [1.29, 1.82) is 0 Å². The van der Waals surface area contributed by atoms with Gasteiger partial charge >= 0.3 is 0 Å². The van der Waals surface area contributed by atoms with Crippen molar-refractivity contribution in [3.05, 3.63) is 12.2 Å². The minimum atomic E-state index is 0.474. The minimum absolute atomic E-state index is 0.474. The maximum atomic E-state index is 5.77. The molecule has 0 aromatic carbocycles. The van der Waals surface area contributed by atoms with E-state index in [9.17, 15) is 0 Å². The number of hydrogen-bond donors (Lipinski definition) is 1. The third-order valence-electron chi connectivity index (χ3n) is 2.91. The first-order valence-corrected chi connectivity index (χ1v) is 6.21. The summed E-state index contributed by atoms with van der Waals surface area (Å²) >= 11 is 0. The van der Waals surface area contributed by atoms with E-state index in [1.54, 1.807) is 0 Å². The maximum Gasteiger partial charge on any atom is 0.0590 e. The van der Waals surface area contributed by atoms with Crippen molar-refractivity contribution in [1.82, 2.24) is 5.32 Å². The average molecular weight is 211 g/mol. The highest BCUT2D eigenvalue weighted by atomic mass is 16.5. The van der Waals surface area contributed by atoms with E-state index in [1.807, 2.05) is 0 Å². The molecule has 0 amide bonds. The molecule has 0 aliphatic carbocycles. The van der Waals surface area contributed by atoms with Gasteiger partial charge < -0.3 is 10.1 Å². The molecule has 0 aromatic heterocycles. The lowest BCUT2D eigenvalue weighted by atomic mass is 9.98. The maximum absolute atomic E-state index is 5.77. The molecule has 1 fully saturated rings. The predicted molar refractivity (Wildman–Crippen MR) is 65.1 cm³/mol. The first-order valence-electron chi connectivity index (χ1n) is 6.21. The Labute approximate surface area is 94.1 Å². The van der Waals surface area contributed by atoms with Gasteiger partial charge in [-0.25, -0.2) is 0 Å². The van der Waals surface area contributed by atoms with E-state index in [0.717, 1.165) is 26.0 Å². The van der Waals surface area contributed by atoms with Gasteiger partial charge in [-0.05, 0) is 45.6 Å². The highest BCUT2D eigenvalue weighted by Gasteiger charge is 2.18. The Bertz CT molecular complexity index is 185. The molecular weight excluding hydrogens is 186 g/mol. The number of hydrogen-bond acceptors (Lipinski definition) is 2. The summed E-state index contributed by atoms with van der Waals surface area (Å²) < 4.78 is 5.77. The Morgan fingerprint density at radius 1 is 1.53 bits per heavy atom. The van der Waals surface area contributed by atoms with E-state index >= 15 is 0 Å². The van der Waals surface area contributed by atoms with Crippen LogP contribution in [0.3, 0.4) is 0 Å². The van der Waals surface area contributed by atoms with Gasteiger partial charge in [0.05, 0.1) is 6.10 Å². The normalized spacial score (nSPS) is 23.7. The van der Waals surface area contributed by atoms with Crippen LogP contribution >= 0.6 is 0 Å². The van der Waals surface area contributed by atoms with Crippen LogP contribution in [0.5, 0.6) is 0 Å². The van der Waals surface area contributed by atoms with Gasteiger partial charge in [0.1, 0.15) is 0 Å². The molecule has 1 saturated heterocycles. The summed E-state index contributed by atoms with van der Waals surface area (Å²) in [5.74, 6) is 0. The van der Waals surface area contributed by atoms with Gasteiger partial charge in [-0.1, -0.05) is 12.5 Å². The van der Waals surface area contributed by atoms with Crippen molar-refractivity contribution in [3.8, 4) is 0 Å². The molecule has 0 aromatic rings. The molecule has 1 aliphatic rings. The van der Waals surface area contributed by atoms with E-state index in [0.29, 0.717) is 12.1 Å². The molecule has 88 valence electrons. The summed E-state index contributed by atoms with van der Waals surface area (Å²) in [6.07, 6.45) is 6.49. The van der Waals surface area contributed by atoms with Crippen molar-refractivity contribution in [3.63, 3.8) is 0 Å². The molecule has 1 rings (SSSR count). The Morgan fingerprint density at radius 3 is 2.87 bits per heavy atom. The minimum Gasteiger partial charge on any atom is -0.378 e. The largest absolute Gasteiger partial charge is 0.378 e. The zero-order valence-corrected chi connectivity index (χ0v) is 10.2. The fraction of sp³-hybridized carbons (Fsp3) is 0.846. The number of ether oxygens (including phenoxy) is 1. The topological polar surface area (TPSA) is 21.3 Å². The second-order valence-electron chi connectivity index (χ2n) is 4.64. The van der Waals surface area contributed by atoms with Gasteiger partial charge in [0.2, 0.25) is 0 Å². The Morgan fingerprint density at radius 2 is 2.33 bits per heavy atom. The number of rotatable bonds is 6. The average Bonchev–Trinajstić information content (AvgIpc) is 2.18. The van der Waals surface area contributed by atoms with Crippen LogP contribution in [0, 0.1) is 0 Å². The zero-order chi connectivity index (χ0) is 11.1. The van der Waals surface area contributed by atoms with Gasteiger partial charge in [-0.3, -0.25) is 0 Å². The predicted octanol–water partition coefficient (Wildman–Crippen LogP) is 2.89. The van der Waals surface area contributed by atoms with Crippen LogP contribution < -0.4 is 5.32 Å². The van der Waals surface area contributed by atoms with Crippen LogP contribution in [0.15, 0.2) is 12.2 Å². The van der Waals surface area contributed by atoms with Crippen LogP contribution in [-0.2, 0) is 4.74 Å². The molecule has 2 atom stereocenters. The van der Waals surface area contributed by atoms with Crippen molar-refractivity contribution in [2.24, 2.45) is 0 Å². The monoisotopic (exact) mass is 211 g/mol. The summed E-state index contributed by atoms with van der Waals surface area (Å²) in [5, 5.41) is 3.52. The Hall–Kier alpha value is -0.340. The molecule has 0 saturated carbocycles. The van der Waals surface area contributed by atoms with Crippen molar-refractivity contribution in [2.75, 3.05) is 13.2 Å². The fourth-order valence-electron chi connectivity index (χ4n) is 2.26. The smallest absolute Gasteiger partial charge is 0.0590 e. The van der Waals surface area contributed by atoms with Gasteiger partial charge in [0.15, 0.2) is 0 Å². The summed E-state index contributed by atoms with van der Waals surface area (Å²) in [6.45, 7) is 10.2. The quantitative estimate of drug-likeness (QED) is 0.682. The van der Waals surface area contributed by atoms with Crippen LogP contribution in [0.1, 0.15) is 46.0 Å². The van der Waals surface area contributed by atoms with E-state index in [-0.39, 0.29) is 0 Å². The van der Waals surface area contributed by atoms with Gasteiger partial charge in [0.25, 0.3) is 0 Å². The molecule has 1 N–H and O–H groups in total. The van der Waals surface area contributed by atoms with Crippen LogP contribution in [0.4, 0.5) is 0 Å². The van der Waals surface area contributed by atoms with Crippen LogP contribution in [0.25, 0.3) is 0 Å². The summed E-state index contributed by atoms with van der Waals surface area (Å²) in [4.78, 5) is 0. The van der Waals surface area contributed by atoms with Crippen LogP contribution in [-0.4, -0.2) is 25.3 Å². The van der Waals surface area contributed by atoms with E-state index in [4.69, 9.17) is 4.74 Å². The molecule has 1 heterocycles. The first-order chi connectivity index (χ1) is 7.22. The van der Waals surface area contributed by atoms with Crippen molar-refractivity contribution < 1.29 is 4.74 Å². The number of nitrogens with one attached hydrogen (secondary N) is 1. The van der Waals surface area contributed by atoms with Crippen molar-refractivity contribution >= 4 is 0 Å². The molecule has 1 aliphatic heterocycles. The van der Waals surface area contributed by atoms with Gasteiger partial charge in [-0.2, -0.15) is 0 Å². The zero-order valence-electron chi connectivity index (χ0n) is 10.2. The van der Waals surface area contributed by atoms with Crippen molar-refractivity contribution in [2.45, 2.75) is 58.1 Å². The Kier molecular flexibility index (Phi) is 5.96. The molecule has 15 heavy (non-hydrogen) atoms.